The van der Waals surface area contributed by atoms with Gasteiger partial charge >= 0.3 is 0 Å². The van der Waals surface area contributed by atoms with Crippen LogP contribution in [0.4, 0.5) is 0 Å². The molecule has 200 valence electrons. The van der Waals surface area contributed by atoms with Crippen molar-refractivity contribution in [3.05, 3.63) is 50.7 Å². The quantitative estimate of drug-likeness (QED) is 0.410. The lowest BCUT2D eigenvalue weighted by Crippen LogP contribution is -2.54. The minimum Gasteiger partial charge on any atom is -0.493 e. The summed E-state index contributed by atoms with van der Waals surface area (Å²) in [5.74, 6) is -1.88. The van der Waals surface area contributed by atoms with Crippen LogP contribution in [0, 0.1) is 0 Å². The molecule has 0 aliphatic carbocycles. The lowest BCUT2D eigenvalue weighted by molar-refractivity contribution is -0.136. The average molecular weight is 559 g/mol. The highest BCUT2D eigenvalue weighted by Crippen LogP contribution is 2.33. The van der Waals surface area contributed by atoms with E-state index in [1.54, 1.807) is 30.3 Å². The van der Waals surface area contributed by atoms with E-state index in [9.17, 15) is 24.0 Å². The fraction of sp³-hybridized carbons (Fsp3) is 0.423. The largest absolute Gasteiger partial charge is 0.493 e. The van der Waals surface area contributed by atoms with Crippen LogP contribution < -0.4 is 10.1 Å². The first kappa shape index (κ1) is 26.3. The molecule has 1 N–H and O–H groups in total. The van der Waals surface area contributed by atoms with Gasteiger partial charge in [-0.15, -0.1) is 11.3 Å². The fourth-order valence-electron chi connectivity index (χ4n) is 5.06. The molecule has 12 heteroatoms. The number of hydrogen-bond acceptors (Lipinski definition) is 8. The van der Waals surface area contributed by atoms with Crippen molar-refractivity contribution < 1.29 is 28.7 Å². The first-order valence-electron chi connectivity index (χ1n) is 12.6. The van der Waals surface area contributed by atoms with Crippen molar-refractivity contribution in [2.24, 2.45) is 0 Å². The van der Waals surface area contributed by atoms with Crippen molar-refractivity contribution in [2.45, 2.75) is 31.7 Å². The van der Waals surface area contributed by atoms with Crippen molar-refractivity contribution in [3.8, 4) is 5.75 Å². The summed E-state index contributed by atoms with van der Waals surface area (Å²) in [6.45, 7) is 4.04. The van der Waals surface area contributed by atoms with Crippen molar-refractivity contribution in [1.82, 2.24) is 20.0 Å². The third-order valence-electron chi connectivity index (χ3n) is 6.97. The number of rotatable bonds is 7. The summed E-state index contributed by atoms with van der Waals surface area (Å²) in [6, 6.07) is 7.32. The average Bonchev–Trinajstić information content (AvgIpc) is 3.33. The molecular weight excluding hydrogens is 532 g/mol. The van der Waals surface area contributed by atoms with Crippen LogP contribution >= 0.6 is 22.9 Å². The zero-order valence-electron chi connectivity index (χ0n) is 20.6. The number of nitrogens with zero attached hydrogens (tertiary/aromatic N) is 3. The predicted molar refractivity (Wildman–Crippen MR) is 140 cm³/mol. The van der Waals surface area contributed by atoms with Gasteiger partial charge in [0.2, 0.25) is 11.8 Å². The molecule has 2 fully saturated rings. The zero-order chi connectivity index (χ0) is 26.8. The molecule has 5 rings (SSSR count). The van der Waals surface area contributed by atoms with E-state index in [1.807, 2.05) is 4.90 Å². The zero-order valence-corrected chi connectivity index (χ0v) is 22.2. The maximum absolute atomic E-state index is 13.2. The monoisotopic (exact) mass is 558 g/mol. The number of imide groups is 2. The Morgan fingerprint density at radius 1 is 1.05 bits per heavy atom. The van der Waals surface area contributed by atoms with Gasteiger partial charge in [0.1, 0.15) is 11.8 Å². The normalized spacial score (nSPS) is 20.4. The van der Waals surface area contributed by atoms with Crippen LogP contribution in [0.25, 0.3) is 0 Å². The smallest absolute Gasteiger partial charge is 0.266 e. The van der Waals surface area contributed by atoms with Crippen molar-refractivity contribution >= 4 is 52.5 Å². The van der Waals surface area contributed by atoms with Gasteiger partial charge in [-0.05, 0) is 50.1 Å². The summed E-state index contributed by atoms with van der Waals surface area (Å²) >= 11 is 7.27. The van der Waals surface area contributed by atoms with Crippen molar-refractivity contribution in [2.75, 3.05) is 39.3 Å². The van der Waals surface area contributed by atoms with E-state index in [0.717, 1.165) is 31.0 Å². The number of benzene rings is 1. The Labute approximate surface area is 228 Å². The number of carbonyl (C=O) groups excluding carboxylic acids is 5. The summed E-state index contributed by atoms with van der Waals surface area (Å²) < 4.78 is 6.53. The molecule has 0 spiro atoms. The number of carbonyl (C=O) groups is 5. The van der Waals surface area contributed by atoms with Gasteiger partial charge in [-0.3, -0.25) is 34.2 Å². The number of thiophene rings is 1. The van der Waals surface area contributed by atoms with Gasteiger partial charge in [0.25, 0.3) is 17.7 Å². The second-order valence-corrected chi connectivity index (χ2v) is 11.1. The SMILES string of the molecule is O=C1CCC(N2C(=O)c3cccc(OCCCN4CCCN(C(=O)c5ccc(Cl)s5)CC4)c3C2=O)C(=O)N1. The summed E-state index contributed by atoms with van der Waals surface area (Å²) in [6.07, 6.45) is 1.73. The Morgan fingerprint density at radius 3 is 2.66 bits per heavy atom. The van der Waals surface area contributed by atoms with E-state index in [4.69, 9.17) is 16.3 Å². The predicted octanol–water partition coefficient (Wildman–Crippen LogP) is 2.42. The number of halogens is 1. The summed E-state index contributed by atoms with van der Waals surface area (Å²) in [7, 11) is 0. The van der Waals surface area contributed by atoms with Crippen LogP contribution in [-0.2, 0) is 9.59 Å². The molecule has 0 radical (unpaired) electrons. The van der Waals surface area contributed by atoms with E-state index >= 15 is 0 Å². The van der Waals surface area contributed by atoms with Gasteiger partial charge in [0.15, 0.2) is 0 Å². The lowest BCUT2D eigenvalue weighted by Gasteiger charge is -2.27. The van der Waals surface area contributed by atoms with Gasteiger partial charge in [-0.1, -0.05) is 17.7 Å². The van der Waals surface area contributed by atoms with Gasteiger partial charge in [-0.2, -0.15) is 0 Å². The molecule has 38 heavy (non-hydrogen) atoms. The summed E-state index contributed by atoms with van der Waals surface area (Å²) in [5, 5.41) is 2.20. The number of amides is 5. The first-order valence-corrected chi connectivity index (χ1v) is 13.8. The number of ether oxygens (including phenoxy) is 1. The van der Waals surface area contributed by atoms with Crippen LogP contribution in [0.1, 0.15) is 56.1 Å². The Balaban J connectivity index is 1.14. The van der Waals surface area contributed by atoms with Crippen molar-refractivity contribution in [1.29, 1.82) is 0 Å². The van der Waals surface area contributed by atoms with Crippen LogP contribution in [0.5, 0.6) is 5.75 Å². The fourth-order valence-corrected chi connectivity index (χ4v) is 6.07. The molecular formula is C26H27ClN4O6S. The number of piperidine rings is 1. The van der Waals surface area contributed by atoms with E-state index in [-0.39, 0.29) is 29.9 Å². The first-order chi connectivity index (χ1) is 18.3. The highest BCUT2D eigenvalue weighted by atomic mass is 35.5. The molecule has 1 aromatic heterocycles. The maximum Gasteiger partial charge on any atom is 0.266 e. The molecule has 5 amide bonds. The van der Waals surface area contributed by atoms with Crippen molar-refractivity contribution in [3.63, 3.8) is 0 Å². The standard InChI is InChI=1S/C26H27ClN4O6S/c27-20-8-7-19(38-20)25(35)30-12-2-10-29(13-14-30)11-3-15-37-18-5-1-4-16-22(18)26(36)31(24(16)34)17-6-9-21(32)28-23(17)33/h1,4-5,7-8,17H,2-3,6,9-15H2,(H,28,32,33). The van der Waals surface area contributed by atoms with Gasteiger partial charge in [-0.25, -0.2) is 0 Å². The molecule has 3 aliphatic heterocycles. The van der Waals surface area contributed by atoms with E-state index in [0.29, 0.717) is 41.1 Å². The van der Waals surface area contributed by atoms with E-state index in [2.05, 4.69) is 10.2 Å². The van der Waals surface area contributed by atoms with Crippen LogP contribution in [0.2, 0.25) is 4.34 Å². The Hall–Kier alpha value is -3.28. The second kappa shape index (κ2) is 11.2. The molecule has 3 aliphatic rings. The molecule has 1 unspecified atom stereocenters. The third kappa shape index (κ3) is 5.31. The number of hydrogen-bond donors (Lipinski definition) is 1. The molecule has 10 nitrogen and oxygen atoms in total. The topological polar surface area (TPSA) is 116 Å². The lowest BCUT2D eigenvalue weighted by atomic mass is 10.0. The molecule has 2 aromatic rings. The van der Waals surface area contributed by atoms with Gasteiger partial charge < -0.3 is 14.5 Å². The molecule has 4 heterocycles. The van der Waals surface area contributed by atoms with E-state index < -0.39 is 29.7 Å². The highest BCUT2D eigenvalue weighted by molar-refractivity contribution is 7.17. The second-order valence-electron chi connectivity index (χ2n) is 9.42. The minimum absolute atomic E-state index is 0.00980. The Bertz CT molecular complexity index is 1300. The Kier molecular flexibility index (Phi) is 7.78. The van der Waals surface area contributed by atoms with Crippen LogP contribution in [0.15, 0.2) is 30.3 Å². The van der Waals surface area contributed by atoms with Gasteiger partial charge in [0, 0.05) is 32.6 Å². The highest BCUT2D eigenvalue weighted by Gasteiger charge is 2.46. The van der Waals surface area contributed by atoms with Crippen LogP contribution in [0.3, 0.4) is 0 Å². The minimum atomic E-state index is -1.01. The number of fused-ring (bicyclic) bond motifs is 1. The summed E-state index contributed by atoms with van der Waals surface area (Å²) in [5.41, 5.74) is 0.348. The third-order valence-corrected chi connectivity index (χ3v) is 8.18. The van der Waals surface area contributed by atoms with Crippen LogP contribution in [-0.4, -0.2) is 89.6 Å². The Morgan fingerprint density at radius 2 is 1.89 bits per heavy atom. The maximum atomic E-state index is 13.2. The van der Waals surface area contributed by atoms with Gasteiger partial charge in [0.05, 0.1) is 26.9 Å². The summed E-state index contributed by atoms with van der Waals surface area (Å²) in [4.78, 5) is 68.4. The molecule has 1 atom stereocenters. The van der Waals surface area contributed by atoms with E-state index in [1.165, 1.54) is 11.3 Å². The molecule has 1 aromatic carbocycles. The number of nitrogens with one attached hydrogen (secondary N) is 1. The molecule has 0 saturated carbocycles. The molecule has 2 saturated heterocycles. The molecule has 0 bridgehead atoms.